The molecule has 1 aromatic heterocycles. The van der Waals surface area contributed by atoms with E-state index in [9.17, 15) is 0 Å². The molecule has 18 heavy (non-hydrogen) atoms. The number of nitrogens with two attached hydrogens (primary N) is 1. The third-order valence-corrected chi connectivity index (χ3v) is 2.66. The van der Waals surface area contributed by atoms with Crippen molar-refractivity contribution in [2.45, 2.75) is 13.0 Å². The van der Waals surface area contributed by atoms with Crippen molar-refractivity contribution >= 4 is 0 Å². The average Bonchev–Trinajstić information content (AvgIpc) is 2.41. The summed E-state index contributed by atoms with van der Waals surface area (Å²) in [5, 5.41) is 0. The van der Waals surface area contributed by atoms with Gasteiger partial charge >= 0.3 is 0 Å². The highest BCUT2D eigenvalue weighted by Crippen LogP contribution is 2.15. The van der Waals surface area contributed by atoms with Gasteiger partial charge in [0.1, 0.15) is 12.4 Å². The molecule has 0 fully saturated rings. The van der Waals surface area contributed by atoms with Crippen LogP contribution in [0.25, 0.3) is 0 Å². The molecule has 1 unspecified atom stereocenters. The van der Waals surface area contributed by atoms with E-state index in [2.05, 4.69) is 10.4 Å². The normalized spacial score (nSPS) is 12.1. The van der Waals surface area contributed by atoms with Crippen LogP contribution in [0.5, 0.6) is 5.75 Å². The lowest BCUT2D eigenvalue weighted by atomic mass is 10.1. The van der Waals surface area contributed by atoms with Crippen LogP contribution in [0.2, 0.25) is 0 Å². The fraction of sp³-hybridized carbons (Fsp3) is 0.214. The Hall–Kier alpha value is -1.91. The second kappa shape index (κ2) is 6.14. The Morgan fingerprint density at radius 1 is 1.28 bits per heavy atom. The molecule has 4 nitrogen and oxygen atoms in total. The van der Waals surface area contributed by atoms with Gasteiger partial charge in [-0.05, 0) is 30.2 Å². The third kappa shape index (κ3) is 3.29. The maximum Gasteiger partial charge on any atom is 0.119 e. The maximum absolute atomic E-state index is 5.68. The van der Waals surface area contributed by atoms with Crippen molar-refractivity contribution in [2.24, 2.45) is 5.84 Å². The van der Waals surface area contributed by atoms with Gasteiger partial charge in [0.25, 0.3) is 0 Å². The highest BCUT2D eigenvalue weighted by molar-refractivity contribution is 5.23. The minimum atomic E-state index is -0.0717. The zero-order chi connectivity index (χ0) is 12.8. The number of para-hydroxylation sites is 1. The zero-order valence-corrected chi connectivity index (χ0v) is 10.3. The summed E-state index contributed by atoms with van der Waals surface area (Å²) in [6.07, 6.45) is 3.61. The van der Waals surface area contributed by atoms with E-state index in [1.54, 1.807) is 6.20 Å². The number of pyridine rings is 1. The van der Waals surface area contributed by atoms with Gasteiger partial charge < -0.3 is 4.74 Å². The molecule has 0 aliphatic heterocycles. The second-order valence-electron chi connectivity index (χ2n) is 4.14. The summed E-state index contributed by atoms with van der Waals surface area (Å²) in [6.45, 7) is 2.47. The Labute approximate surface area is 107 Å². The number of hydrogen-bond donors (Lipinski definition) is 2. The fourth-order valence-electron chi connectivity index (χ4n) is 1.71. The van der Waals surface area contributed by atoms with E-state index in [0.29, 0.717) is 6.61 Å². The van der Waals surface area contributed by atoms with Crippen molar-refractivity contribution in [3.8, 4) is 5.75 Å². The van der Waals surface area contributed by atoms with Crippen molar-refractivity contribution in [3.63, 3.8) is 0 Å². The van der Waals surface area contributed by atoms with Crippen LogP contribution in [-0.4, -0.2) is 11.6 Å². The number of aryl methyl sites for hydroxylation is 1. The van der Waals surface area contributed by atoms with Gasteiger partial charge in [0, 0.05) is 12.4 Å². The summed E-state index contributed by atoms with van der Waals surface area (Å²) in [5.74, 6) is 6.39. The topological polar surface area (TPSA) is 60.2 Å². The smallest absolute Gasteiger partial charge is 0.119 e. The van der Waals surface area contributed by atoms with Crippen molar-refractivity contribution in [2.75, 3.05) is 6.61 Å². The molecule has 0 spiro atoms. The number of ether oxygens (including phenoxy) is 1. The molecule has 3 N–H and O–H groups in total. The summed E-state index contributed by atoms with van der Waals surface area (Å²) in [4.78, 5) is 4.16. The minimum absolute atomic E-state index is 0.0717. The fourth-order valence-corrected chi connectivity index (χ4v) is 1.71. The molecule has 0 amide bonds. The first kappa shape index (κ1) is 12.5. The van der Waals surface area contributed by atoms with Gasteiger partial charge in [0.15, 0.2) is 0 Å². The highest BCUT2D eigenvalue weighted by atomic mass is 16.5. The van der Waals surface area contributed by atoms with Crippen LogP contribution in [0.3, 0.4) is 0 Å². The number of benzene rings is 1. The van der Waals surface area contributed by atoms with Crippen LogP contribution in [0, 0.1) is 6.92 Å². The number of rotatable bonds is 5. The Balaban J connectivity index is 2.02. The van der Waals surface area contributed by atoms with Crippen LogP contribution in [0.4, 0.5) is 0 Å². The molecule has 1 heterocycles. The van der Waals surface area contributed by atoms with Crippen LogP contribution in [0.15, 0.2) is 48.8 Å². The average molecular weight is 243 g/mol. The van der Waals surface area contributed by atoms with Crippen molar-refractivity contribution < 1.29 is 4.74 Å². The molecule has 1 aromatic carbocycles. The molecule has 0 saturated heterocycles. The Morgan fingerprint density at radius 3 is 2.72 bits per heavy atom. The lowest BCUT2D eigenvalue weighted by Gasteiger charge is -2.17. The van der Waals surface area contributed by atoms with E-state index in [-0.39, 0.29) is 6.04 Å². The Bertz CT molecular complexity index is 487. The van der Waals surface area contributed by atoms with Crippen LogP contribution < -0.4 is 16.0 Å². The number of nitrogens with zero attached hydrogens (tertiary/aromatic N) is 1. The first-order chi connectivity index (χ1) is 8.79. The van der Waals surface area contributed by atoms with E-state index in [1.807, 2.05) is 49.5 Å². The van der Waals surface area contributed by atoms with Gasteiger partial charge in [-0.3, -0.25) is 10.8 Å². The molecular formula is C14H17N3O. The molecule has 2 rings (SSSR count). The molecule has 1 atom stereocenters. The number of nitrogens with one attached hydrogen (secondary N) is 1. The summed E-state index contributed by atoms with van der Waals surface area (Å²) >= 11 is 0. The molecule has 2 aromatic rings. The lowest BCUT2D eigenvalue weighted by molar-refractivity contribution is 0.267. The SMILES string of the molecule is Cc1cncc(C(COc2ccccc2)NN)c1. The van der Waals surface area contributed by atoms with Gasteiger partial charge in [-0.1, -0.05) is 24.3 Å². The predicted octanol–water partition coefficient (Wildman–Crippen LogP) is 1.97. The van der Waals surface area contributed by atoms with E-state index in [1.165, 1.54) is 0 Å². The molecular weight excluding hydrogens is 226 g/mol. The first-order valence-corrected chi connectivity index (χ1v) is 5.85. The van der Waals surface area contributed by atoms with E-state index < -0.39 is 0 Å². The van der Waals surface area contributed by atoms with E-state index in [4.69, 9.17) is 10.6 Å². The molecule has 0 bridgehead atoms. The van der Waals surface area contributed by atoms with Crippen LogP contribution >= 0.6 is 0 Å². The molecule has 0 radical (unpaired) electrons. The zero-order valence-electron chi connectivity index (χ0n) is 10.3. The van der Waals surface area contributed by atoms with Crippen LogP contribution in [0.1, 0.15) is 17.2 Å². The first-order valence-electron chi connectivity index (χ1n) is 5.85. The van der Waals surface area contributed by atoms with Gasteiger partial charge in [-0.2, -0.15) is 0 Å². The number of aromatic nitrogens is 1. The molecule has 0 aliphatic rings. The second-order valence-corrected chi connectivity index (χ2v) is 4.14. The quantitative estimate of drug-likeness (QED) is 0.622. The van der Waals surface area contributed by atoms with Gasteiger partial charge in [-0.15, -0.1) is 0 Å². The Kier molecular flexibility index (Phi) is 4.28. The number of hydrazine groups is 1. The van der Waals surface area contributed by atoms with Crippen LogP contribution in [-0.2, 0) is 0 Å². The van der Waals surface area contributed by atoms with E-state index >= 15 is 0 Å². The standard InChI is InChI=1S/C14H17N3O/c1-11-7-12(9-16-8-11)14(17-15)10-18-13-5-3-2-4-6-13/h2-9,14,17H,10,15H2,1H3. The molecule has 0 aliphatic carbocycles. The van der Waals surface area contributed by atoms with Gasteiger partial charge in [0.05, 0.1) is 6.04 Å². The summed E-state index contributed by atoms with van der Waals surface area (Å²) in [6, 6.07) is 11.6. The predicted molar refractivity (Wildman–Crippen MR) is 71.0 cm³/mol. The molecule has 0 saturated carbocycles. The molecule has 94 valence electrons. The lowest BCUT2D eigenvalue weighted by Crippen LogP contribution is -2.32. The van der Waals surface area contributed by atoms with Crippen molar-refractivity contribution in [1.82, 2.24) is 10.4 Å². The number of hydrogen-bond acceptors (Lipinski definition) is 4. The van der Waals surface area contributed by atoms with E-state index in [0.717, 1.165) is 16.9 Å². The minimum Gasteiger partial charge on any atom is -0.492 e. The highest BCUT2D eigenvalue weighted by Gasteiger charge is 2.11. The summed E-state index contributed by atoms with van der Waals surface area (Å²) in [5.41, 5.74) is 4.88. The maximum atomic E-state index is 5.68. The summed E-state index contributed by atoms with van der Waals surface area (Å²) in [7, 11) is 0. The largest absolute Gasteiger partial charge is 0.492 e. The third-order valence-electron chi connectivity index (χ3n) is 2.66. The summed E-state index contributed by atoms with van der Waals surface area (Å²) < 4.78 is 5.68. The monoisotopic (exact) mass is 243 g/mol. The Morgan fingerprint density at radius 2 is 2.06 bits per heavy atom. The van der Waals surface area contributed by atoms with Crippen molar-refractivity contribution in [3.05, 3.63) is 59.9 Å². The van der Waals surface area contributed by atoms with Gasteiger partial charge in [-0.25, -0.2) is 5.43 Å². The molecule has 4 heteroatoms. The van der Waals surface area contributed by atoms with Gasteiger partial charge in [0.2, 0.25) is 0 Å². The van der Waals surface area contributed by atoms with Crippen molar-refractivity contribution in [1.29, 1.82) is 0 Å².